The average molecular weight is 263 g/mol. The van der Waals surface area contributed by atoms with E-state index in [4.69, 9.17) is 5.73 Å². The lowest BCUT2D eigenvalue weighted by molar-refractivity contribution is 0.131. The third-order valence-electron chi connectivity index (χ3n) is 3.50. The molecule has 0 bridgehead atoms. The second-order valence-electron chi connectivity index (χ2n) is 5.07. The van der Waals surface area contributed by atoms with Gasteiger partial charge in [0.2, 0.25) is 5.95 Å². The van der Waals surface area contributed by atoms with E-state index in [0.717, 1.165) is 19.3 Å². The summed E-state index contributed by atoms with van der Waals surface area (Å²) in [6.07, 6.45) is 2.24. The summed E-state index contributed by atoms with van der Waals surface area (Å²) in [4.78, 5) is 10.2. The molecule has 2 heterocycles. The first-order valence-corrected chi connectivity index (χ1v) is 6.31. The molecule has 19 heavy (non-hydrogen) atoms. The predicted molar refractivity (Wildman–Crippen MR) is 70.8 cm³/mol. The fraction of sp³-hybridized carbons (Fsp3) is 0.636. The van der Waals surface area contributed by atoms with Crippen LogP contribution in [0.1, 0.15) is 25.3 Å². The molecule has 1 aliphatic rings. The number of nitrogen functional groups attached to an aromatic ring is 1. The minimum Gasteiger partial charge on any atom is -0.391 e. The lowest BCUT2D eigenvalue weighted by Crippen LogP contribution is -2.20. The van der Waals surface area contributed by atoms with Crippen LogP contribution < -0.4 is 10.6 Å². The molecule has 1 aliphatic carbocycles. The van der Waals surface area contributed by atoms with Crippen LogP contribution in [0.2, 0.25) is 0 Å². The maximum atomic E-state index is 9.99. The summed E-state index contributed by atoms with van der Waals surface area (Å²) in [6, 6.07) is -0.0747. The van der Waals surface area contributed by atoms with Gasteiger partial charge >= 0.3 is 0 Å². The van der Waals surface area contributed by atoms with Crippen LogP contribution in [0.3, 0.4) is 0 Å². The van der Waals surface area contributed by atoms with Gasteiger partial charge in [0.1, 0.15) is 0 Å². The molecule has 0 saturated heterocycles. The summed E-state index contributed by atoms with van der Waals surface area (Å²) < 4.78 is 1.68. The van der Waals surface area contributed by atoms with Crippen LogP contribution in [0.15, 0.2) is 0 Å². The summed E-state index contributed by atoms with van der Waals surface area (Å²) in [5.74, 6) is 0.827. The third kappa shape index (κ3) is 1.88. The Morgan fingerprint density at radius 3 is 2.74 bits per heavy atom. The fourth-order valence-electron chi connectivity index (χ4n) is 2.57. The average Bonchev–Trinajstić information content (AvgIpc) is 2.93. The van der Waals surface area contributed by atoms with Gasteiger partial charge in [-0.15, -0.1) is 5.10 Å². The Balaban J connectivity index is 2.17. The summed E-state index contributed by atoms with van der Waals surface area (Å²) in [5, 5.41) is 18.3. The lowest BCUT2D eigenvalue weighted by Gasteiger charge is -2.15. The van der Waals surface area contributed by atoms with Crippen molar-refractivity contribution in [3.8, 4) is 0 Å². The second-order valence-corrected chi connectivity index (χ2v) is 5.07. The molecule has 2 aromatic heterocycles. The first-order chi connectivity index (χ1) is 9.08. The summed E-state index contributed by atoms with van der Waals surface area (Å²) in [7, 11) is 3.73. The number of nitrogens with two attached hydrogens (primary N) is 1. The molecule has 0 spiro atoms. The minimum atomic E-state index is -0.399. The molecule has 0 aliphatic heterocycles. The predicted octanol–water partition coefficient (Wildman–Crippen LogP) is -0.0446. The number of hydrogen-bond acceptors (Lipinski definition) is 7. The van der Waals surface area contributed by atoms with Gasteiger partial charge < -0.3 is 15.7 Å². The van der Waals surface area contributed by atoms with Crippen LogP contribution >= 0.6 is 0 Å². The molecule has 8 nitrogen and oxygen atoms in total. The molecule has 8 heteroatoms. The number of hydrogen-bond donors (Lipinski definition) is 2. The highest BCUT2D eigenvalue weighted by Gasteiger charge is 2.30. The van der Waals surface area contributed by atoms with Crippen molar-refractivity contribution < 1.29 is 5.11 Å². The van der Waals surface area contributed by atoms with Crippen LogP contribution in [0.25, 0.3) is 11.2 Å². The van der Waals surface area contributed by atoms with Crippen LogP contribution in [0, 0.1) is 0 Å². The van der Waals surface area contributed by atoms with E-state index in [9.17, 15) is 5.11 Å². The lowest BCUT2D eigenvalue weighted by atomic mass is 10.2. The standard InChI is InChI=1S/C11H17N7O/c1-17(2)9-8-10(14-11(12)13-9)18(16-15-8)6-4-3-5-7(6)19/h6-7,19H,3-5H2,1-2H3,(H2,12,13,14)/t6-,7+/m0/s1. The maximum absolute atomic E-state index is 9.99. The quantitative estimate of drug-likeness (QED) is 0.782. The van der Waals surface area contributed by atoms with E-state index in [2.05, 4.69) is 20.3 Å². The highest BCUT2D eigenvalue weighted by atomic mass is 16.3. The molecule has 1 saturated carbocycles. The zero-order valence-electron chi connectivity index (χ0n) is 11.0. The molecule has 2 atom stereocenters. The molecular weight excluding hydrogens is 246 g/mol. The first kappa shape index (κ1) is 12.1. The molecule has 3 N–H and O–H groups in total. The molecule has 0 radical (unpaired) electrons. The molecule has 102 valence electrons. The second kappa shape index (κ2) is 4.30. The first-order valence-electron chi connectivity index (χ1n) is 6.31. The third-order valence-corrected chi connectivity index (χ3v) is 3.50. The Morgan fingerprint density at radius 2 is 2.11 bits per heavy atom. The van der Waals surface area contributed by atoms with Gasteiger partial charge in [-0.05, 0) is 19.3 Å². The smallest absolute Gasteiger partial charge is 0.224 e. The zero-order valence-corrected chi connectivity index (χ0v) is 11.0. The molecule has 1 fully saturated rings. The minimum absolute atomic E-state index is 0.0747. The Hall–Kier alpha value is -1.96. The molecule has 0 unspecified atom stereocenters. The molecule has 0 amide bonds. The van der Waals surface area contributed by atoms with Crippen molar-refractivity contribution in [3.63, 3.8) is 0 Å². The van der Waals surface area contributed by atoms with Gasteiger partial charge in [-0.1, -0.05) is 5.21 Å². The zero-order chi connectivity index (χ0) is 13.6. The number of aromatic nitrogens is 5. The van der Waals surface area contributed by atoms with Crippen molar-refractivity contribution in [2.24, 2.45) is 0 Å². The van der Waals surface area contributed by atoms with Crippen molar-refractivity contribution in [1.82, 2.24) is 25.0 Å². The van der Waals surface area contributed by atoms with Crippen LogP contribution in [0.4, 0.5) is 11.8 Å². The normalized spacial score (nSPS) is 23.1. The number of fused-ring (bicyclic) bond motifs is 1. The van der Waals surface area contributed by atoms with E-state index in [0.29, 0.717) is 17.0 Å². The van der Waals surface area contributed by atoms with Crippen LogP contribution in [-0.2, 0) is 0 Å². The van der Waals surface area contributed by atoms with E-state index in [1.165, 1.54) is 0 Å². The fourth-order valence-corrected chi connectivity index (χ4v) is 2.57. The summed E-state index contributed by atoms with van der Waals surface area (Å²) >= 11 is 0. The highest BCUT2D eigenvalue weighted by Crippen LogP contribution is 2.32. The van der Waals surface area contributed by atoms with E-state index < -0.39 is 6.10 Å². The van der Waals surface area contributed by atoms with E-state index in [-0.39, 0.29) is 12.0 Å². The van der Waals surface area contributed by atoms with Crippen LogP contribution in [-0.4, -0.2) is 50.3 Å². The van der Waals surface area contributed by atoms with Crippen molar-refractivity contribution in [1.29, 1.82) is 0 Å². The van der Waals surface area contributed by atoms with Crippen molar-refractivity contribution in [2.45, 2.75) is 31.4 Å². The topological polar surface area (TPSA) is 106 Å². The van der Waals surface area contributed by atoms with Gasteiger partial charge in [-0.2, -0.15) is 9.97 Å². The number of aliphatic hydroxyl groups excluding tert-OH is 1. The van der Waals surface area contributed by atoms with Crippen molar-refractivity contribution in [2.75, 3.05) is 24.7 Å². The molecule has 0 aromatic carbocycles. The largest absolute Gasteiger partial charge is 0.391 e. The molecular formula is C11H17N7O. The van der Waals surface area contributed by atoms with Crippen LogP contribution in [0.5, 0.6) is 0 Å². The van der Waals surface area contributed by atoms with Crippen molar-refractivity contribution in [3.05, 3.63) is 0 Å². The Morgan fingerprint density at radius 1 is 1.32 bits per heavy atom. The Bertz CT molecular complexity index is 608. The van der Waals surface area contributed by atoms with Gasteiger partial charge in [-0.3, -0.25) is 0 Å². The number of aliphatic hydroxyl groups is 1. The number of anilines is 2. The Labute approximate surface area is 110 Å². The van der Waals surface area contributed by atoms with Gasteiger partial charge in [0.05, 0.1) is 12.1 Å². The molecule has 2 aromatic rings. The van der Waals surface area contributed by atoms with Gasteiger partial charge in [-0.25, -0.2) is 4.68 Å². The van der Waals surface area contributed by atoms with Crippen molar-refractivity contribution >= 4 is 22.9 Å². The number of nitrogens with zero attached hydrogens (tertiary/aromatic N) is 6. The van der Waals surface area contributed by atoms with E-state index in [1.54, 1.807) is 4.68 Å². The monoisotopic (exact) mass is 263 g/mol. The SMILES string of the molecule is CN(C)c1nc(N)nc2c1nnn2[C@H]1CCC[C@H]1O. The number of rotatable bonds is 2. The summed E-state index contributed by atoms with van der Waals surface area (Å²) in [5.41, 5.74) is 6.94. The maximum Gasteiger partial charge on any atom is 0.224 e. The summed E-state index contributed by atoms with van der Waals surface area (Å²) in [6.45, 7) is 0. The van der Waals surface area contributed by atoms with Gasteiger partial charge in [0.25, 0.3) is 0 Å². The van der Waals surface area contributed by atoms with E-state index >= 15 is 0 Å². The Kier molecular flexibility index (Phi) is 2.74. The highest BCUT2D eigenvalue weighted by molar-refractivity contribution is 5.83. The van der Waals surface area contributed by atoms with E-state index in [1.807, 2.05) is 19.0 Å². The van der Waals surface area contributed by atoms with Gasteiger partial charge in [0, 0.05) is 14.1 Å². The molecule has 3 rings (SSSR count). The van der Waals surface area contributed by atoms with Gasteiger partial charge in [0.15, 0.2) is 17.0 Å².